The van der Waals surface area contributed by atoms with Gasteiger partial charge < -0.3 is 19.1 Å². The van der Waals surface area contributed by atoms with Crippen LogP contribution in [0.25, 0.3) is 0 Å². The molecule has 1 aliphatic carbocycles. The molecule has 0 heterocycles. The molecule has 0 spiro atoms. The van der Waals surface area contributed by atoms with Crippen molar-refractivity contribution in [1.29, 1.82) is 0 Å². The van der Waals surface area contributed by atoms with Gasteiger partial charge in [0.1, 0.15) is 6.10 Å². The zero-order valence-electron chi connectivity index (χ0n) is 29.4. The second-order valence-electron chi connectivity index (χ2n) is 13.2. The number of hydrogen-bond acceptors (Lipinski definition) is 7. The first-order valence-electron chi connectivity index (χ1n) is 18.3. The van der Waals surface area contributed by atoms with Gasteiger partial charge in [-0.05, 0) is 103 Å². The van der Waals surface area contributed by atoms with Gasteiger partial charge in [0.2, 0.25) is 0 Å². The molecule has 0 aromatic carbocycles. The van der Waals surface area contributed by atoms with E-state index in [4.69, 9.17) is 14.2 Å². The predicted molar refractivity (Wildman–Crippen MR) is 184 cm³/mol. The highest BCUT2D eigenvalue weighted by molar-refractivity contribution is 5.70. The van der Waals surface area contributed by atoms with E-state index in [0.29, 0.717) is 70.0 Å². The summed E-state index contributed by atoms with van der Waals surface area (Å²) in [6, 6.07) is 0. The van der Waals surface area contributed by atoms with Gasteiger partial charge in [-0.25, -0.2) is 0 Å². The maximum atomic E-state index is 12.8. The predicted octanol–water partition coefficient (Wildman–Crippen LogP) is 9.14. The molecule has 1 rings (SSSR count). The van der Waals surface area contributed by atoms with Gasteiger partial charge in [0.25, 0.3) is 0 Å². The molecular weight excluding hydrogens is 566 g/mol. The summed E-state index contributed by atoms with van der Waals surface area (Å²) >= 11 is 0. The number of allylic oxidation sites excluding steroid dienone is 2. The van der Waals surface area contributed by atoms with Crippen LogP contribution >= 0.6 is 0 Å². The number of hydrogen-bond donors (Lipinski definition) is 0. The Morgan fingerprint density at radius 1 is 0.644 bits per heavy atom. The molecule has 0 bridgehead atoms. The highest BCUT2D eigenvalue weighted by atomic mass is 16.5. The third-order valence-electron chi connectivity index (χ3n) is 8.40. The van der Waals surface area contributed by atoms with Crippen LogP contribution in [0.3, 0.4) is 0 Å². The quantitative estimate of drug-likeness (QED) is 0.0352. The molecule has 0 aromatic heterocycles. The lowest BCUT2D eigenvalue weighted by Gasteiger charge is -2.36. The zero-order valence-corrected chi connectivity index (χ0v) is 29.4. The molecule has 0 radical (unpaired) electrons. The van der Waals surface area contributed by atoms with Gasteiger partial charge in [0, 0.05) is 25.8 Å². The largest absolute Gasteiger partial charge is 0.465 e. The van der Waals surface area contributed by atoms with E-state index in [1.54, 1.807) is 0 Å². The molecular formula is C38H67NO6. The minimum Gasteiger partial charge on any atom is -0.465 e. The summed E-state index contributed by atoms with van der Waals surface area (Å²) < 4.78 is 16.7. The number of rotatable bonds is 29. The summed E-state index contributed by atoms with van der Waals surface area (Å²) in [5, 5.41) is 0. The summed E-state index contributed by atoms with van der Waals surface area (Å²) in [6.07, 6.45) is 27.5. The zero-order chi connectivity index (χ0) is 33.0. The first kappa shape index (κ1) is 40.9. The Morgan fingerprint density at radius 3 is 1.60 bits per heavy atom. The smallest absolute Gasteiger partial charge is 0.306 e. The van der Waals surface area contributed by atoms with Crippen LogP contribution in [0.5, 0.6) is 0 Å². The first-order valence-corrected chi connectivity index (χ1v) is 18.3. The van der Waals surface area contributed by atoms with E-state index in [2.05, 4.69) is 57.1 Å². The van der Waals surface area contributed by atoms with Crippen molar-refractivity contribution < 1.29 is 28.6 Å². The fourth-order valence-corrected chi connectivity index (χ4v) is 5.86. The molecule has 0 unspecified atom stereocenters. The molecule has 0 saturated heterocycles. The Balaban J connectivity index is 2.35. The molecule has 1 saturated carbocycles. The third-order valence-corrected chi connectivity index (χ3v) is 8.40. The summed E-state index contributed by atoms with van der Waals surface area (Å²) in [4.78, 5) is 39.5. The van der Waals surface area contributed by atoms with Gasteiger partial charge in [-0.1, -0.05) is 76.7 Å². The Morgan fingerprint density at radius 2 is 1.13 bits per heavy atom. The van der Waals surface area contributed by atoms with Gasteiger partial charge in [-0.2, -0.15) is 0 Å². The lowest BCUT2D eigenvalue weighted by atomic mass is 9.73. The first-order chi connectivity index (χ1) is 21.8. The average Bonchev–Trinajstić information content (AvgIpc) is 2.98. The number of ether oxygens (including phenoxy) is 3. The molecule has 0 atom stereocenters. The summed E-state index contributed by atoms with van der Waals surface area (Å²) in [6.45, 7) is 6.28. The number of unbranched alkanes of at least 4 members (excludes halogenated alkanes) is 8. The Labute approximate surface area is 275 Å². The van der Waals surface area contributed by atoms with Crippen molar-refractivity contribution in [2.75, 3.05) is 33.9 Å². The third kappa shape index (κ3) is 24.7. The van der Waals surface area contributed by atoms with Crippen molar-refractivity contribution >= 4 is 17.9 Å². The second kappa shape index (κ2) is 28.1. The second-order valence-corrected chi connectivity index (χ2v) is 13.2. The summed E-state index contributed by atoms with van der Waals surface area (Å²) in [5.41, 5.74) is 0. The normalized spacial score (nSPS) is 16.5. The Bertz CT molecular complexity index is 771. The number of nitrogens with zero attached hydrogens (tertiary/aromatic N) is 1. The van der Waals surface area contributed by atoms with E-state index < -0.39 is 0 Å². The van der Waals surface area contributed by atoms with E-state index in [1.165, 1.54) is 51.4 Å². The average molecular weight is 634 g/mol. The summed E-state index contributed by atoms with van der Waals surface area (Å²) in [5.74, 6) is 0.464. The molecule has 45 heavy (non-hydrogen) atoms. The lowest BCUT2D eigenvalue weighted by Crippen LogP contribution is -2.34. The number of esters is 3. The van der Waals surface area contributed by atoms with Gasteiger partial charge in [-0.3, -0.25) is 14.4 Å². The van der Waals surface area contributed by atoms with Crippen molar-refractivity contribution in [2.24, 2.45) is 11.8 Å². The van der Waals surface area contributed by atoms with Crippen LogP contribution in [-0.4, -0.2) is 62.8 Å². The fraction of sp³-hybridized carbons (Fsp3) is 0.816. The fourth-order valence-electron chi connectivity index (χ4n) is 5.86. The molecule has 1 fully saturated rings. The van der Waals surface area contributed by atoms with Crippen molar-refractivity contribution in [2.45, 2.75) is 155 Å². The van der Waals surface area contributed by atoms with Crippen LogP contribution in [0.1, 0.15) is 149 Å². The van der Waals surface area contributed by atoms with E-state index in [-0.39, 0.29) is 24.0 Å². The molecule has 260 valence electrons. The van der Waals surface area contributed by atoms with Crippen LogP contribution in [0.4, 0.5) is 0 Å². The van der Waals surface area contributed by atoms with Gasteiger partial charge >= 0.3 is 17.9 Å². The lowest BCUT2D eigenvalue weighted by molar-refractivity contribution is -0.152. The topological polar surface area (TPSA) is 82.1 Å². The van der Waals surface area contributed by atoms with Crippen LogP contribution < -0.4 is 0 Å². The van der Waals surface area contributed by atoms with E-state index in [9.17, 15) is 14.4 Å². The van der Waals surface area contributed by atoms with Gasteiger partial charge in [0.05, 0.1) is 13.2 Å². The van der Waals surface area contributed by atoms with E-state index in [0.717, 1.165) is 45.1 Å². The van der Waals surface area contributed by atoms with Crippen molar-refractivity contribution in [3.63, 3.8) is 0 Å². The molecule has 0 amide bonds. The molecule has 0 aromatic rings. The number of carbonyl (C=O) groups excluding carboxylic acids is 3. The highest BCUT2D eigenvalue weighted by Gasteiger charge is 2.32. The molecule has 0 N–H and O–H groups in total. The maximum absolute atomic E-state index is 12.8. The SMILES string of the molecule is CCCCCC/C=C\CCOC(=O)CCCC(CCCC(=O)OCC/C=C\CCCCCC)OC(=O)CC1CC(CN(C)C)C1. The molecule has 0 aliphatic heterocycles. The minimum atomic E-state index is -0.304. The van der Waals surface area contributed by atoms with Crippen molar-refractivity contribution in [1.82, 2.24) is 4.90 Å². The van der Waals surface area contributed by atoms with Crippen LogP contribution in [0, 0.1) is 11.8 Å². The van der Waals surface area contributed by atoms with Gasteiger partial charge in [-0.15, -0.1) is 0 Å². The molecule has 7 nitrogen and oxygen atoms in total. The van der Waals surface area contributed by atoms with Crippen LogP contribution in [-0.2, 0) is 28.6 Å². The standard InChI is InChI=1S/C38H67NO6/c1-5-7-9-11-13-15-17-19-27-43-36(40)25-21-23-35(45-38(42)31-33-29-34(30-33)32-39(3)4)24-22-26-37(41)44-28-20-18-16-14-12-10-8-6-2/h15-18,33-35H,5-14,19-32H2,1-4H3/b17-15-,18-16-. The molecule has 7 heteroatoms. The van der Waals surface area contributed by atoms with E-state index in [1.807, 2.05) is 0 Å². The van der Waals surface area contributed by atoms with Crippen LogP contribution in [0.2, 0.25) is 0 Å². The minimum absolute atomic E-state index is 0.165. The summed E-state index contributed by atoms with van der Waals surface area (Å²) in [7, 11) is 4.16. The molecule has 1 aliphatic rings. The Kier molecular flexibility index (Phi) is 25.5. The maximum Gasteiger partial charge on any atom is 0.306 e. The van der Waals surface area contributed by atoms with Crippen LogP contribution in [0.15, 0.2) is 24.3 Å². The van der Waals surface area contributed by atoms with Gasteiger partial charge in [0.15, 0.2) is 0 Å². The van der Waals surface area contributed by atoms with E-state index >= 15 is 0 Å². The monoisotopic (exact) mass is 633 g/mol. The highest BCUT2D eigenvalue weighted by Crippen LogP contribution is 2.36. The van der Waals surface area contributed by atoms with Crippen molar-refractivity contribution in [3.8, 4) is 0 Å². The Hall–Kier alpha value is -2.15. The van der Waals surface area contributed by atoms with Crippen molar-refractivity contribution in [3.05, 3.63) is 24.3 Å². The number of carbonyl (C=O) groups is 3.